The third-order valence-corrected chi connectivity index (χ3v) is 10.7. The number of aromatic nitrogens is 1. The van der Waals surface area contributed by atoms with Gasteiger partial charge >= 0.3 is 0 Å². The lowest BCUT2D eigenvalue weighted by atomic mass is 9.98. The fourth-order valence-corrected chi connectivity index (χ4v) is 7.76. The smallest absolute Gasteiger partial charge is 0.266 e. The Morgan fingerprint density at radius 1 is 0.929 bits per heavy atom. The minimum absolute atomic E-state index is 0.0380. The molecule has 0 radical (unpaired) electrons. The molecular weight excluding hydrogens is 749 g/mol. The quantitative estimate of drug-likeness (QED) is 0.0663. The lowest BCUT2D eigenvalue weighted by molar-refractivity contribution is -0.136. The van der Waals surface area contributed by atoms with Gasteiger partial charge in [-0.25, -0.2) is 0 Å². The lowest BCUT2D eigenvalue weighted by Gasteiger charge is -2.27. The summed E-state index contributed by atoms with van der Waals surface area (Å²) in [6.45, 7) is 0.922. The molecule has 13 nitrogen and oxygen atoms in total. The minimum Gasteiger partial charge on any atom is -0.490 e. The largest absolute Gasteiger partial charge is 0.490 e. The van der Waals surface area contributed by atoms with Crippen LogP contribution in [-0.2, 0) is 35.9 Å². The van der Waals surface area contributed by atoms with Gasteiger partial charge in [0.1, 0.15) is 23.4 Å². The number of alkyl halides is 2. The van der Waals surface area contributed by atoms with E-state index in [2.05, 4.69) is 22.8 Å². The number of hydrogen-bond acceptors (Lipinski definition) is 10. The van der Waals surface area contributed by atoms with Gasteiger partial charge in [0.2, 0.25) is 11.8 Å². The van der Waals surface area contributed by atoms with E-state index in [4.69, 9.17) is 36.9 Å². The molecule has 2 saturated heterocycles. The number of imide groups is 2. The lowest BCUT2D eigenvalue weighted by Crippen LogP contribution is -2.54. The second kappa shape index (κ2) is 17.1. The third-order valence-electron chi connectivity index (χ3n) is 10.5. The van der Waals surface area contributed by atoms with Gasteiger partial charge in [-0.05, 0) is 36.6 Å². The van der Waals surface area contributed by atoms with E-state index in [0.717, 1.165) is 39.3 Å². The third kappa shape index (κ3) is 7.89. The molecule has 3 atom stereocenters. The Morgan fingerprint density at radius 2 is 1.64 bits per heavy atom. The standard InChI is InChI=1S/C40H43F2N5O8S/c41-20-24(21-42)22-46-23-29(25-3-1-4-26(19-25)36(43)56)27-9-11-40(35(27)46)32(45-40)10-12-52-13-14-53-15-16-54-17-18-55-31-6-2-5-28-34(31)39(51)47(38(28)50)30-7-8-33(48)44-37(30)49/h1-6,9,11,19,23-24,30,32,45H,7-8,10,12-18,20-22H2,(H2,43,56)(H,44,48,49)/t30?,32-,40?/m0/s1. The van der Waals surface area contributed by atoms with Crippen molar-refractivity contribution in [1.29, 1.82) is 0 Å². The summed E-state index contributed by atoms with van der Waals surface area (Å²) in [5, 5.41) is 5.78. The zero-order valence-electron chi connectivity index (χ0n) is 30.6. The summed E-state index contributed by atoms with van der Waals surface area (Å²) in [5.74, 6) is -2.88. The summed E-state index contributed by atoms with van der Waals surface area (Å²) < 4.78 is 52.1. The number of rotatable bonds is 20. The van der Waals surface area contributed by atoms with Crippen molar-refractivity contribution in [1.82, 2.24) is 20.1 Å². The highest BCUT2D eigenvalue weighted by atomic mass is 32.1. The van der Waals surface area contributed by atoms with Crippen molar-refractivity contribution >= 4 is 46.9 Å². The Hall–Kier alpha value is -4.87. The molecular formula is C40H43F2N5O8S. The molecule has 4 amide bonds. The van der Waals surface area contributed by atoms with Crippen LogP contribution in [0.25, 0.3) is 17.2 Å². The molecule has 2 aromatic carbocycles. The predicted octanol–water partition coefficient (Wildman–Crippen LogP) is 3.46. The second-order valence-corrected chi connectivity index (χ2v) is 14.5. The molecule has 1 aliphatic carbocycles. The molecule has 4 heterocycles. The number of thiocarbonyl (C=S) groups is 1. The van der Waals surface area contributed by atoms with Crippen LogP contribution in [0.2, 0.25) is 0 Å². The Kier molecular flexibility index (Phi) is 12.0. The monoisotopic (exact) mass is 791 g/mol. The van der Waals surface area contributed by atoms with Gasteiger partial charge < -0.3 is 29.2 Å². The van der Waals surface area contributed by atoms with Crippen LogP contribution in [-0.4, -0.2) is 110 Å². The minimum atomic E-state index is -1.05. The Morgan fingerprint density at radius 3 is 2.36 bits per heavy atom. The van der Waals surface area contributed by atoms with E-state index in [1.807, 2.05) is 35.0 Å². The van der Waals surface area contributed by atoms with E-state index in [9.17, 15) is 28.0 Å². The van der Waals surface area contributed by atoms with Crippen molar-refractivity contribution in [2.45, 2.75) is 43.4 Å². The molecule has 3 aliphatic heterocycles. The SMILES string of the molecule is NC(=S)c1cccc(-c2cn(CC(CF)CF)c3c2C=CC32N[C@H]2CCOCCOCCOCCOc2cccc3c2C(=O)N(C2CCC(=O)NC2=O)C3=O)c1. The predicted molar refractivity (Wildman–Crippen MR) is 205 cm³/mol. The Labute approximate surface area is 327 Å². The maximum absolute atomic E-state index is 13.6. The van der Waals surface area contributed by atoms with Gasteiger partial charge in [-0.3, -0.25) is 43.5 Å². The Balaban J connectivity index is 0.811. The second-order valence-electron chi connectivity index (χ2n) is 14.1. The van der Waals surface area contributed by atoms with Crippen molar-refractivity contribution in [3.8, 4) is 16.9 Å². The van der Waals surface area contributed by atoms with Crippen molar-refractivity contribution < 1.29 is 46.9 Å². The highest BCUT2D eigenvalue weighted by Crippen LogP contribution is 2.51. The topological polar surface area (TPSA) is 173 Å². The van der Waals surface area contributed by atoms with Crippen LogP contribution >= 0.6 is 12.2 Å². The van der Waals surface area contributed by atoms with Gasteiger partial charge in [-0.15, -0.1) is 0 Å². The van der Waals surface area contributed by atoms with Crippen LogP contribution in [0.15, 0.2) is 54.7 Å². The van der Waals surface area contributed by atoms with Gasteiger partial charge in [0.15, 0.2) is 0 Å². The maximum Gasteiger partial charge on any atom is 0.266 e. The fourth-order valence-electron chi connectivity index (χ4n) is 7.63. The summed E-state index contributed by atoms with van der Waals surface area (Å²) >= 11 is 5.18. The van der Waals surface area contributed by atoms with Crippen LogP contribution in [0.1, 0.15) is 56.8 Å². The number of carbonyl (C=O) groups excluding carboxylic acids is 4. The number of piperidine rings is 1. The van der Waals surface area contributed by atoms with E-state index < -0.39 is 54.5 Å². The molecule has 56 heavy (non-hydrogen) atoms. The van der Waals surface area contributed by atoms with Gasteiger partial charge in [-0.2, -0.15) is 0 Å². The Bertz CT molecular complexity index is 2050. The van der Waals surface area contributed by atoms with Crippen molar-refractivity contribution in [3.63, 3.8) is 0 Å². The van der Waals surface area contributed by atoms with E-state index in [0.29, 0.717) is 38.0 Å². The number of hydrogen-bond donors (Lipinski definition) is 3. The highest BCUT2D eigenvalue weighted by Gasteiger charge is 2.57. The molecule has 1 spiro atoms. The summed E-state index contributed by atoms with van der Waals surface area (Å²) in [4.78, 5) is 51.3. The number of nitrogens with zero attached hydrogens (tertiary/aromatic N) is 2. The number of carbonyl (C=O) groups is 4. The summed E-state index contributed by atoms with van der Waals surface area (Å²) in [7, 11) is 0. The molecule has 2 fully saturated rings. The average molecular weight is 792 g/mol. The number of ether oxygens (including phenoxy) is 4. The molecule has 3 aromatic rings. The van der Waals surface area contributed by atoms with E-state index >= 15 is 0 Å². The van der Waals surface area contributed by atoms with Gasteiger partial charge in [-0.1, -0.05) is 48.6 Å². The van der Waals surface area contributed by atoms with Crippen molar-refractivity contribution in [2.75, 3.05) is 59.6 Å². The first kappa shape index (κ1) is 39.4. The fraction of sp³-hybridized carbons (Fsp3) is 0.425. The molecule has 7 rings (SSSR count). The zero-order chi connectivity index (χ0) is 39.4. The first-order chi connectivity index (χ1) is 27.2. The average Bonchev–Trinajstić information content (AvgIpc) is 3.42. The number of fused-ring (bicyclic) bond motifs is 3. The van der Waals surface area contributed by atoms with Crippen molar-refractivity contribution in [3.05, 3.63) is 82.7 Å². The molecule has 1 aromatic heterocycles. The van der Waals surface area contributed by atoms with Crippen molar-refractivity contribution in [2.24, 2.45) is 11.7 Å². The number of nitrogens with two attached hydrogens (primary N) is 1. The van der Waals surface area contributed by atoms with Crippen LogP contribution in [0, 0.1) is 5.92 Å². The van der Waals surface area contributed by atoms with Crippen LogP contribution in [0.3, 0.4) is 0 Å². The molecule has 16 heteroatoms. The molecule has 2 unspecified atom stereocenters. The summed E-state index contributed by atoms with van der Waals surface area (Å²) in [6, 6.07) is 11.4. The summed E-state index contributed by atoms with van der Waals surface area (Å²) in [6.07, 6.45) is 6.99. The molecule has 4 N–H and O–H groups in total. The summed E-state index contributed by atoms with van der Waals surface area (Å²) in [5.41, 5.74) is 10.3. The first-order valence-corrected chi connectivity index (χ1v) is 19.0. The molecule has 4 aliphatic rings. The van der Waals surface area contributed by atoms with Crippen LogP contribution in [0.5, 0.6) is 5.75 Å². The molecule has 0 saturated carbocycles. The van der Waals surface area contributed by atoms with Gasteiger partial charge in [0, 0.05) is 54.4 Å². The molecule has 296 valence electrons. The van der Waals surface area contributed by atoms with Gasteiger partial charge in [0.05, 0.1) is 68.7 Å². The number of amides is 4. The number of halogens is 2. The highest BCUT2D eigenvalue weighted by molar-refractivity contribution is 7.80. The van der Waals surface area contributed by atoms with E-state index in [1.165, 1.54) is 6.07 Å². The van der Waals surface area contributed by atoms with Gasteiger partial charge in [0.25, 0.3) is 11.8 Å². The van der Waals surface area contributed by atoms with Crippen LogP contribution in [0.4, 0.5) is 8.78 Å². The van der Waals surface area contributed by atoms with E-state index in [1.54, 1.807) is 12.1 Å². The maximum atomic E-state index is 13.6. The molecule has 0 bridgehead atoms. The number of nitrogens with one attached hydrogen (secondary N) is 2. The number of benzene rings is 2. The normalized spacial score (nSPS) is 20.9. The van der Waals surface area contributed by atoms with E-state index in [-0.39, 0.29) is 55.5 Å². The zero-order valence-corrected chi connectivity index (χ0v) is 31.4. The first-order valence-electron chi connectivity index (χ1n) is 18.6. The van der Waals surface area contributed by atoms with Crippen LogP contribution < -0.4 is 21.1 Å².